The topological polar surface area (TPSA) is 52.7 Å². The number of amides is 3. The Morgan fingerprint density at radius 1 is 1.29 bits per heavy atom. The Bertz CT molecular complexity index is 278. The molecular formula is C9H13N3O2. The van der Waals surface area contributed by atoms with Crippen molar-refractivity contribution < 1.29 is 9.59 Å². The lowest BCUT2D eigenvalue weighted by molar-refractivity contribution is -0.130. The van der Waals surface area contributed by atoms with E-state index in [9.17, 15) is 9.59 Å². The number of rotatable bonds is 1. The van der Waals surface area contributed by atoms with Gasteiger partial charge in [0.15, 0.2) is 0 Å². The highest BCUT2D eigenvalue weighted by Crippen LogP contribution is 2.29. The zero-order chi connectivity index (χ0) is 9.71. The van der Waals surface area contributed by atoms with Crippen molar-refractivity contribution in [3.8, 4) is 0 Å². The maximum absolute atomic E-state index is 11.9. The predicted molar refractivity (Wildman–Crippen MR) is 48.6 cm³/mol. The van der Waals surface area contributed by atoms with Crippen molar-refractivity contribution in [2.75, 3.05) is 19.6 Å². The van der Waals surface area contributed by atoms with E-state index in [1.165, 1.54) is 4.90 Å². The number of urea groups is 1. The van der Waals surface area contributed by atoms with E-state index in [0.717, 1.165) is 32.5 Å². The van der Waals surface area contributed by atoms with Crippen LogP contribution in [0.25, 0.3) is 0 Å². The Morgan fingerprint density at radius 2 is 2.07 bits per heavy atom. The Balaban J connectivity index is 1.86. The lowest BCUT2D eigenvalue weighted by atomic mass is 10.1. The SMILES string of the molecule is O=C1[C@@H]2CCCN2C(=O)N1C1CNC1. The van der Waals surface area contributed by atoms with E-state index in [-0.39, 0.29) is 24.0 Å². The van der Waals surface area contributed by atoms with Gasteiger partial charge in [0.05, 0.1) is 6.04 Å². The van der Waals surface area contributed by atoms with Crippen LogP contribution in [0, 0.1) is 0 Å². The molecule has 0 aromatic carbocycles. The van der Waals surface area contributed by atoms with Crippen LogP contribution in [-0.4, -0.2) is 53.5 Å². The summed E-state index contributed by atoms with van der Waals surface area (Å²) >= 11 is 0. The molecule has 3 heterocycles. The Morgan fingerprint density at radius 3 is 2.64 bits per heavy atom. The quantitative estimate of drug-likeness (QED) is 0.568. The molecule has 0 aromatic heterocycles. The van der Waals surface area contributed by atoms with Gasteiger partial charge in [0.1, 0.15) is 6.04 Å². The van der Waals surface area contributed by atoms with Gasteiger partial charge in [-0.2, -0.15) is 0 Å². The van der Waals surface area contributed by atoms with Gasteiger partial charge in [0.2, 0.25) is 0 Å². The van der Waals surface area contributed by atoms with Crippen molar-refractivity contribution in [1.82, 2.24) is 15.1 Å². The van der Waals surface area contributed by atoms with Crippen LogP contribution in [-0.2, 0) is 4.79 Å². The lowest BCUT2D eigenvalue weighted by Crippen LogP contribution is -2.59. The van der Waals surface area contributed by atoms with E-state index in [2.05, 4.69) is 5.32 Å². The molecule has 0 unspecified atom stereocenters. The number of carbonyl (C=O) groups is 2. The summed E-state index contributed by atoms with van der Waals surface area (Å²) < 4.78 is 0. The van der Waals surface area contributed by atoms with Gasteiger partial charge < -0.3 is 10.2 Å². The van der Waals surface area contributed by atoms with Crippen molar-refractivity contribution in [3.63, 3.8) is 0 Å². The van der Waals surface area contributed by atoms with Crippen LogP contribution in [0.1, 0.15) is 12.8 Å². The highest BCUT2D eigenvalue weighted by molar-refractivity contribution is 6.05. The highest BCUT2D eigenvalue weighted by Gasteiger charge is 2.50. The molecule has 5 nitrogen and oxygen atoms in total. The zero-order valence-electron chi connectivity index (χ0n) is 7.90. The molecule has 0 saturated carbocycles. The molecule has 3 aliphatic rings. The molecule has 3 fully saturated rings. The molecule has 3 aliphatic heterocycles. The van der Waals surface area contributed by atoms with Crippen molar-refractivity contribution >= 4 is 11.9 Å². The monoisotopic (exact) mass is 195 g/mol. The second kappa shape index (κ2) is 2.70. The first-order valence-electron chi connectivity index (χ1n) is 5.13. The predicted octanol–water partition coefficient (Wildman–Crippen LogP) is -0.615. The molecule has 14 heavy (non-hydrogen) atoms. The van der Waals surface area contributed by atoms with Gasteiger partial charge >= 0.3 is 6.03 Å². The van der Waals surface area contributed by atoms with Crippen LogP contribution in [0.3, 0.4) is 0 Å². The summed E-state index contributed by atoms with van der Waals surface area (Å²) in [6.07, 6.45) is 1.82. The first-order valence-corrected chi connectivity index (χ1v) is 5.13. The molecular weight excluding hydrogens is 182 g/mol. The number of fused-ring (bicyclic) bond motifs is 1. The standard InChI is InChI=1S/C9H13N3O2/c13-8-7-2-1-3-11(7)9(14)12(8)6-4-10-5-6/h6-7,10H,1-5H2/t7-/m0/s1. The maximum atomic E-state index is 11.9. The van der Waals surface area contributed by atoms with Crippen LogP contribution in [0.15, 0.2) is 0 Å². The lowest BCUT2D eigenvalue weighted by Gasteiger charge is -2.33. The molecule has 76 valence electrons. The number of hydrogen-bond acceptors (Lipinski definition) is 3. The third kappa shape index (κ3) is 0.877. The van der Waals surface area contributed by atoms with Gasteiger partial charge in [-0.15, -0.1) is 0 Å². The van der Waals surface area contributed by atoms with Crippen molar-refractivity contribution in [3.05, 3.63) is 0 Å². The molecule has 0 spiro atoms. The zero-order valence-corrected chi connectivity index (χ0v) is 7.90. The van der Waals surface area contributed by atoms with Crippen LogP contribution in [0.2, 0.25) is 0 Å². The summed E-state index contributed by atoms with van der Waals surface area (Å²) in [6, 6.07) is -0.0901. The fourth-order valence-corrected chi connectivity index (χ4v) is 2.44. The van der Waals surface area contributed by atoms with Crippen LogP contribution < -0.4 is 5.32 Å². The number of carbonyl (C=O) groups excluding carboxylic acids is 2. The number of hydrogen-bond donors (Lipinski definition) is 1. The summed E-state index contributed by atoms with van der Waals surface area (Å²) in [5, 5.41) is 3.08. The first kappa shape index (κ1) is 8.23. The van der Waals surface area contributed by atoms with Gasteiger partial charge in [-0.05, 0) is 12.8 Å². The molecule has 3 saturated heterocycles. The van der Waals surface area contributed by atoms with Crippen molar-refractivity contribution in [2.24, 2.45) is 0 Å². The molecule has 0 radical (unpaired) electrons. The van der Waals surface area contributed by atoms with Gasteiger partial charge in [0, 0.05) is 19.6 Å². The molecule has 0 aliphatic carbocycles. The number of nitrogens with one attached hydrogen (secondary N) is 1. The summed E-state index contributed by atoms with van der Waals surface area (Å²) in [7, 11) is 0. The first-order chi connectivity index (χ1) is 6.79. The second-order valence-electron chi connectivity index (χ2n) is 4.15. The fourth-order valence-electron chi connectivity index (χ4n) is 2.44. The molecule has 5 heteroatoms. The van der Waals surface area contributed by atoms with Gasteiger partial charge in [-0.1, -0.05) is 0 Å². The van der Waals surface area contributed by atoms with Crippen molar-refractivity contribution in [2.45, 2.75) is 24.9 Å². The Kier molecular flexibility index (Phi) is 1.58. The average molecular weight is 195 g/mol. The fraction of sp³-hybridized carbons (Fsp3) is 0.778. The smallest absolute Gasteiger partial charge is 0.312 e. The van der Waals surface area contributed by atoms with E-state index in [4.69, 9.17) is 0 Å². The largest absolute Gasteiger partial charge is 0.327 e. The Labute approximate surface area is 82.0 Å². The minimum absolute atomic E-state index is 0.0269. The minimum Gasteiger partial charge on any atom is -0.312 e. The third-order valence-corrected chi connectivity index (χ3v) is 3.35. The summed E-state index contributed by atoms with van der Waals surface area (Å²) in [5.74, 6) is 0.0269. The average Bonchev–Trinajstić information content (AvgIpc) is 2.62. The summed E-state index contributed by atoms with van der Waals surface area (Å²) in [4.78, 5) is 26.9. The van der Waals surface area contributed by atoms with Crippen LogP contribution in [0.4, 0.5) is 4.79 Å². The van der Waals surface area contributed by atoms with Crippen LogP contribution >= 0.6 is 0 Å². The van der Waals surface area contributed by atoms with E-state index < -0.39 is 0 Å². The van der Waals surface area contributed by atoms with Gasteiger partial charge in [0.25, 0.3) is 5.91 Å². The molecule has 1 N–H and O–H groups in total. The van der Waals surface area contributed by atoms with E-state index >= 15 is 0 Å². The summed E-state index contributed by atoms with van der Waals surface area (Å²) in [6.45, 7) is 2.28. The molecule has 3 amide bonds. The maximum Gasteiger partial charge on any atom is 0.327 e. The molecule has 0 bridgehead atoms. The van der Waals surface area contributed by atoms with Crippen molar-refractivity contribution in [1.29, 1.82) is 0 Å². The highest BCUT2D eigenvalue weighted by atomic mass is 16.2. The minimum atomic E-state index is -0.136. The molecule has 1 atom stereocenters. The number of nitrogens with zero attached hydrogens (tertiary/aromatic N) is 2. The van der Waals surface area contributed by atoms with Gasteiger partial charge in [-0.3, -0.25) is 9.69 Å². The number of imide groups is 1. The van der Waals surface area contributed by atoms with Crippen LogP contribution in [0.5, 0.6) is 0 Å². The van der Waals surface area contributed by atoms with E-state index in [1.54, 1.807) is 4.90 Å². The van der Waals surface area contributed by atoms with Gasteiger partial charge in [-0.25, -0.2) is 4.79 Å². The Hall–Kier alpha value is -1.10. The second-order valence-corrected chi connectivity index (χ2v) is 4.15. The van der Waals surface area contributed by atoms with E-state index in [0.29, 0.717) is 0 Å². The van der Waals surface area contributed by atoms with E-state index in [1.807, 2.05) is 0 Å². The summed E-state index contributed by atoms with van der Waals surface area (Å²) in [5.41, 5.74) is 0. The molecule has 0 aromatic rings. The normalized spacial score (nSPS) is 32.4. The molecule has 3 rings (SSSR count). The third-order valence-electron chi connectivity index (χ3n) is 3.35.